The summed E-state index contributed by atoms with van der Waals surface area (Å²) in [6.45, 7) is 2.22. The molecule has 0 aliphatic carbocycles. The molecule has 1 spiro atoms. The van der Waals surface area contributed by atoms with Gasteiger partial charge >= 0.3 is 0 Å². The summed E-state index contributed by atoms with van der Waals surface area (Å²) in [7, 11) is -3.47. The topological polar surface area (TPSA) is 115 Å². The molecule has 12 heteroatoms. The van der Waals surface area contributed by atoms with Crippen molar-refractivity contribution in [3.63, 3.8) is 0 Å². The normalized spacial score (nSPS) is 16.8. The molecule has 3 N–H and O–H groups in total. The first kappa shape index (κ1) is 31.3. The van der Waals surface area contributed by atoms with E-state index in [0.29, 0.717) is 36.1 Å². The third-order valence-electron chi connectivity index (χ3n) is 8.68. The Labute approximate surface area is 271 Å². The van der Waals surface area contributed by atoms with Gasteiger partial charge < -0.3 is 15.8 Å². The Morgan fingerprint density at radius 3 is 2.53 bits per heavy atom. The highest BCUT2D eigenvalue weighted by molar-refractivity contribution is 7.89. The molecule has 6 rings (SSSR count). The Kier molecular flexibility index (Phi) is 8.51. The highest BCUT2D eigenvalue weighted by Crippen LogP contribution is 2.47. The lowest BCUT2D eigenvalue weighted by atomic mass is 9.74. The standard InChI is InChI=1S/C33H31Cl2FN4O4S/c1-20(29-25(34)9-10-26(36)30(29)35)44-28-18-23(19-38-31(28)37)22-7-8-24-27(17-22)39-32(41)33(24)12-14-40(15-13-33)45(42,43)16-11-21-5-3-2-4-6-21/h2-10,17-20H,11-16H2,1H3,(H2,37,38)(H,39,41)/t20-/m1/s1. The highest BCUT2D eigenvalue weighted by atomic mass is 35.5. The summed E-state index contributed by atoms with van der Waals surface area (Å²) in [4.78, 5) is 17.7. The smallest absolute Gasteiger partial charge is 0.235 e. The fourth-order valence-corrected chi connectivity index (χ4v) is 8.31. The van der Waals surface area contributed by atoms with E-state index in [1.165, 1.54) is 16.4 Å². The number of nitrogens with zero attached hydrogens (tertiary/aromatic N) is 2. The average Bonchev–Trinajstić information content (AvgIpc) is 3.29. The number of nitrogens with two attached hydrogens (primary N) is 1. The van der Waals surface area contributed by atoms with Crippen LogP contribution in [0.15, 0.2) is 72.9 Å². The number of hydrogen-bond donors (Lipinski definition) is 2. The predicted octanol–water partition coefficient (Wildman–Crippen LogP) is 6.77. The molecule has 0 unspecified atom stereocenters. The third-order valence-corrected chi connectivity index (χ3v) is 11.3. The molecule has 1 aromatic heterocycles. The maximum absolute atomic E-state index is 14.1. The fourth-order valence-electron chi connectivity index (χ4n) is 6.14. The lowest BCUT2D eigenvalue weighted by molar-refractivity contribution is -0.122. The number of nitrogen functional groups attached to an aromatic ring is 1. The van der Waals surface area contributed by atoms with Crippen LogP contribution in [0.25, 0.3) is 11.1 Å². The number of hydrogen-bond acceptors (Lipinski definition) is 6. The van der Waals surface area contributed by atoms with Crippen molar-refractivity contribution in [3.8, 4) is 16.9 Å². The van der Waals surface area contributed by atoms with Crippen molar-refractivity contribution in [2.75, 3.05) is 29.9 Å². The number of piperidine rings is 1. The first-order valence-electron chi connectivity index (χ1n) is 14.5. The number of ether oxygens (including phenoxy) is 1. The number of rotatable bonds is 8. The molecule has 1 saturated heterocycles. The minimum Gasteiger partial charge on any atom is -0.482 e. The Morgan fingerprint density at radius 1 is 1.07 bits per heavy atom. The summed E-state index contributed by atoms with van der Waals surface area (Å²) in [5.74, 6) is -0.322. The number of aryl methyl sites for hydroxylation is 1. The van der Waals surface area contributed by atoms with Gasteiger partial charge in [0.2, 0.25) is 15.9 Å². The monoisotopic (exact) mass is 668 g/mol. The van der Waals surface area contributed by atoms with Gasteiger partial charge in [-0.3, -0.25) is 4.79 Å². The Hall–Kier alpha value is -3.70. The Bertz CT molecular complexity index is 1880. The molecule has 3 heterocycles. The van der Waals surface area contributed by atoms with E-state index in [1.807, 2.05) is 48.5 Å². The van der Waals surface area contributed by atoms with E-state index in [9.17, 15) is 17.6 Å². The van der Waals surface area contributed by atoms with E-state index < -0.39 is 27.4 Å². The number of aromatic nitrogens is 1. The Morgan fingerprint density at radius 2 is 1.80 bits per heavy atom. The summed E-state index contributed by atoms with van der Waals surface area (Å²) in [6, 6.07) is 19.5. The van der Waals surface area contributed by atoms with Gasteiger partial charge in [0.05, 0.1) is 16.2 Å². The van der Waals surface area contributed by atoms with Crippen molar-refractivity contribution < 1.29 is 22.3 Å². The van der Waals surface area contributed by atoms with Crippen LogP contribution in [-0.2, 0) is 26.7 Å². The molecule has 1 fully saturated rings. The van der Waals surface area contributed by atoms with Gasteiger partial charge in [0.25, 0.3) is 0 Å². The maximum Gasteiger partial charge on any atom is 0.235 e. The number of amides is 1. The molecular weight excluding hydrogens is 638 g/mol. The molecule has 0 saturated carbocycles. The average molecular weight is 670 g/mol. The van der Waals surface area contributed by atoms with Crippen LogP contribution < -0.4 is 15.8 Å². The van der Waals surface area contributed by atoms with Crippen molar-refractivity contribution in [1.82, 2.24) is 9.29 Å². The quantitative estimate of drug-likeness (QED) is 0.200. The van der Waals surface area contributed by atoms with Gasteiger partial charge in [0.1, 0.15) is 11.9 Å². The SMILES string of the molecule is C[C@@H](Oc1cc(-c2ccc3c(c2)NC(=O)C32CCN(S(=O)(=O)CCc3ccccc3)CC2)cnc1N)c1c(Cl)ccc(F)c1Cl. The molecule has 1 amide bonds. The van der Waals surface area contributed by atoms with E-state index in [0.717, 1.165) is 16.7 Å². The van der Waals surface area contributed by atoms with E-state index in [-0.39, 0.29) is 46.4 Å². The van der Waals surface area contributed by atoms with Gasteiger partial charge in [-0.25, -0.2) is 22.1 Å². The van der Waals surface area contributed by atoms with Crippen LogP contribution in [0.5, 0.6) is 5.75 Å². The lowest BCUT2D eigenvalue weighted by Crippen LogP contribution is -2.48. The van der Waals surface area contributed by atoms with Crippen molar-refractivity contribution in [3.05, 3.63) is 105 Å². The number of sulfonamides is 1. The number of fused-ring (bicyclic) bond motifs is 2. The number of pyridine rings is 1. The molecule has 1 atom stereocenters. The van der Waals surface area contributed by atoms with Gasteiger partial charge in [-0.05, 0) is 67.1 Å². The van der Waals surface area contributed by atoms with Crippen LogP contribution in [0.1, 0.15) is 42.6 Å². The maximum atomic E-state index is 14.1. The van der Waals surface area contributed by atoms with Crippen molar-refractivity contribution in [2.24, 2.45) is 0 Å². The van der Waals surface area contributed by atoms with Crippen molar-refractivity contribution in [2.45, 2.75) is 37.7 Å². The molecular formula is C33H31Cl2FN4O4S. The largest absolute Gasteiger partial charge is 0.482 e. The van der Waals surface area contributed by atoms with Gasteiger partial charge in [0.15, 0.2) is 11.6 Å². The molecule has 234 valence electrons. The summed E-state index contributed by atoms with van der Waals surface area (Å²) < 4.78 is 47.9. The Balaban J connectivity index is 1.19. The van der Waals surface area contributed by atoms with Gasteiger partial charge in [-0.15, -0.1) is 0 Å². The second-order valence-corrected chi connectivity index (χ2v) is 14.2. The summed E-state index contributed by atoms with van der Waals surface area (Å²) in [6.07, 6.45) is 2.09. The molecule has 45 heavy (non-hydrogen) atoms. The van der Waals surface area contributed by atoms with Crippen LogP contribution in [0.2, 0.25) is 10.0 Å². The molecule has 8 nitrogen and oxygen atoms in total. The van der Waals surface area contributed by atoms with Gasteiger partial charge in [0, 0.05) is 41.1 Å². The molecule has 0 bridgehead atoms. The van der Waals surface area contributed by atoms with Crippen LogP contribution in [-0.4, -0.2) is 42.5 Å². The molecule has 2 aliphatic rings. The van der Waals surface area contributed by atoms with E-state index in [2.05, 4.69) is 10.3 Å². The first-order chi connectivity index (χ1) is 21.5. The van der Waals surface area contributed by atoms with E-state index in [1.54, 1.807) is 19.2 Å². The van der Waals surface area contributed by atoms with E-state index >= 15 is 0 Å². The molecule has 2 aliphatic heterocycles. The zero-order valence-corrected chi connectivity index (χ0v) is 26.7. The summed E-state index contributed by atoms with van der Waals surface area (Å²) >= 11 is 12.4. The van der Waals surface area contributed by atoms with Crippen LogP contribution in [0.3, 0.4) is 0 Å². The van der Waals surface area contributed by atoms with Crippen molar-refractivity contribution in [1.29, 1.82) is 0 Å². The molecule has 3 aromatic carbocycles. The second kappa shape index (κ2) is 12.2. The number of halogens is 3. The zero-order valence-electron chi connectivity index (χ0n) is 24.4. The summed E-state index contributed by atoms with van der Waals surface area (Å²) in [5.41, 5.74) is 9.54. The predicted molar refractivity (Wildman–Crippen MR) is 175 cm³/mol. The zero-order chi connectivity index (χ0) is 31.9. The number of anilines is 2. The number of carbonyl (C=O) groups is 1. The molecule has 0 radical (unpaired) electrons. The van der Waals surface area contributed by atoms with Crippen LogP contribution in [0, 0.1) is 5.82 Å². The van der Waals surface area contributed by atoms with Gasteiger partial charge in [-0.1, -0.05) is 65.7 Å². The number of nitrogens with one attached hydrogen (secondary N) is 1. The van der Waals surface area contributed by atoms with Crippen LogP contribution in [0.4, 0.5) is 15.9 Å². The summed E-state index contributed by atoms with van der Waals surface area (Å²) in [5, 5.41) is 3.15. The van der Waals surface area contributed by atoms with E-state index in [4.69, 9.17) is 33.7 Å². The fraction of sp³-hybridized carbons (Fsp3) is 0.273. The van der Waals surface area contributed by atoms with Gasteiger partial charge in [-0.2, -0.15) is 0 Å². The lowest BCUT2D eigenvalue weighted by Gasteiger charge is -2.37. The first-order valence-corrected chi connectivity index (χ1v) is 16.9. The highest BCUT2D eigenvalue weighted by Gasteiger charge is 2.49. The number of benzene rings is 3. The van der Waals surface area contributed by atoms with Crippen LogP contribution >= 0.6 is 23.2 Å². The van der Waals surface area contributed by atoms with Crippen molar-refractivity contribution >= 4 is 50.6 Å². The number of carbonyl (C=O) groups excluding carboxylic acids is 1. The third kappa shape index (κ3) is 6.00. The second-order valence-electron chi connectivity index (χ2n) is 11.4. The minimum atomic E-state index is -3.47. The minimum absolute atomic E-state index is 0.0264. The molecule has 4 aromatic rings.